The molecule has 112 valence electrons. The third-order valence-electron chi connectivity index (χ3n) is 3.17. The highest BCUT2D eigenvalue weighted by atomic mass is 79.9. The number of hydrogen-bond acceptors (Lipinski definition) is 4. The molecule has 2 heterocycles. The smallest absolute Gasteiger partial charge is 0.179 e. The molecular formula is C14H15BrClN3O2. The van der Waals surface area contributed by atoms with E-state index in [-0.39, 0.29) is 4.83 Å². The van der Waals surface area contributed by atoms with Crippen molar-refractivity contribution < 1.29 is 9.47 Å². The first-order chi connectivity index (χ1) is 10.1. The molecular weight excluding hydrogens is 358 g/mol. The van der Waals surface area contributed by atoms with Crippen LogP contribution in [0, 0.1) is 0 Å². The molecule has 1 aliphatic rings. The quantitative estimate of drug-likeness (QED) is 0.773. The lowest BCUT2D eigenvalue weighted by molar-refractivity contribution is 0.297. The summed E-state index contributed by atoms with van der Waals surface area (Å²) in [5.41, 5.74) is 1.90. The Balaban J connectivity index is 1.85. The van der Waals surface area contributed by atoms with Crippen LogP contribution >= 0.6 is 27.5 Å². The second kappa shape index (κ2) is 6.23. The minimum Gasteiger partial charge on any atom is -0.489 e. The Morgan fingerprint density at radius 1 is 1.38 bits per heavy atom. The van der Waals surface area contributed by atoms with Crippen molar-refractivity contribution in [2.45, 2.75) is 24.7 Å². The lowest BCUT2D eigenvalue weighted by atomic mass is 10.2. The third-order valence-corrected chi connectivity index (χ3v) is 3.92. The molecule has 2 aromatic rings. The van der Waals surface area contributed by atoms with Gasteiger partial charge in [0.2, 0.25) is 0 Å². The molecule has 0 fully saturated rings. The van der Waals surface area contributed by atoms with Crippen molar-refractivity contribution >= 4 is 27.5 Å². The van der Waals surface area contributed by atoms with E-state index in [9.17, 15) is 0 Å². The minimum atomic E-state index is 0.179. The fourth-order valence-corrected chi connectivity index (χ4v) is 2.63. The summed E-state index contributed by atoms with van der Waals surface area (Å²) in [6.45, 7) is 3.87. The molecule has 3 rings (SSSR count). The van der Waals surface area contributed by atoms with Gasteiger partial charge in [-0.1, -0.05) is 32.7 Å². The van der Waals surface area contributed by atoms with Crippen molar-refractivity contribution in [2.24, 2.45) is 0 Å². The van der Waals surface area contributed by atoms with Crippen LogP contribution in [0.2, 0.25) is 5.02 Å². The van der Waals surface area contributed by atoms with E-state index in [1.54, 1.807) is 4.68 Å². The van der Waals surface area contributed by atoms with Gasteiger partial charge in [-0.2, -0.15) is 0 Å². The van der Waals surface area contributed by atoms with Gasteiger partial charge in [0.05, 0.1) is 35.3 Å². The Kier molecular flexibility index (Phi) is 4.35. The first kappa shape index (κ1) is 14.7. The number of nitrogens with zero attached hydrogens (tertiary/aromatic N) is 3. The topological polar surface area (TPSA) is 49.2 Å². The zero-order valence-corrected chi connectivity index (χ0v) is 13.9. The van der Waals surface area contributed by atoms with Crippen LogP contribution in [0.1, 0.15) is 29.4 Å². The molecule has 0 radical (unpaired) electrons. The molecule has 0 N–H and O–H groups in total. The molecule has 0 amide bonds. The van der Waals surface area contributed by atoms with Gasteiger partial charge < -0.3 is 9.47 Å². The van der Waals surface area contributed by atoms with Crippen molar-refractivity contribution in [2.75, 3.05) is 13.2 Å². The summed E-state index contributed by atoms with van der Waals surface area (Å²) in [6, 6.07) is 3.83. The van der Waals surface area contributed by atoms with Crippen molar-refractivity contribution in [3.8, 4) is 11.5 Å². The van der Waals surface area contributed by atoms with Crippen LogP contribution in [-0.4, -0.2) is 28.2 Å². The predicted octanol–water partition coefficient (Wildman–Crippen LogP) is 3.60. The van der Waals surface area contributed by atoms with E-state index in [4.69, 9.17) is 21.1 Å². The van der Waals surface area contributed by atoms with Gasteiger partial charge in [0.1, 0.15) is 0 Å². The van der Waals surface area contributed by atoms with Crippen LogP contribution in [0.5, 0.6) is 11.5 Å². The Labute approximate surface area is 136 Å². The van der Waals surface area contributed by atoms with E-state index in [0.717, 1.165) is 17.7 Å². The fourth-order valence-electron chi connectivity index (χ4n) is 2.14. The number of benzene rings is 1. The molecule has 0 bridgehead atoms. The summed E-state index contributed by atoms with van der Waals surface area (Å²) in [5.74, 6) is 1.33. The minimum absolute atomic E-state index is 0.179. The van der Waals surface area contributed by atoms with Gasteiger partial charge in [-0.05, 0) is 24.6 Å². The number of ether oxygens (including phenoxy) is 2. The Hall–Kier alpha value is -1.27. The molecule has 1 unspecified atom stereocenters. The van der Waals surface area contributed by atoms with E-state index in [1.165, 1.54) is 0 Å². The summed E-state index contributed by atoms with van der Waals surface area (Å²) in [5, 5.41) is 8.80. The number of rotatable bonds is 3. The highest BCUT2D eigenvalue weighted by Crippen LogP contribution is 2.38. The summed E-state index contributed by atoms with van der Waals surface area (Å²) in [7, 11) is 0. The van der Waals surface area contributed by atoms with E-state index < -0.39 is 0 Å². The number of alkyl halides is 1. The zero-order chi connectivity index (χ0) is 14.8. The molecule has 1 aliphatic heterocycles. The number of aromatic nitrogens is 3. The van der Waals surface area contributed by atoms with Gasteiger partial charge in [-0.25, -0.2) is 4.68 Å². The van der Waals surface area contributed by atoms with Crippen LogP contribution in [0.25, 0.3) is 0 Å². The van der Waals surface area contributed by atoms with Gasteiger partial charge in [-0.15, -0.1) is 5.10 Å². The van der Waals surface area contributed by atoms with Gasteiger partial charge in [-0.3, -0.25) is 0 Å². The van der Waals surface area contributed by atoms with Crippen LogP contribution in [-0.2, 0) is 6.54 Å². The summed E-state index contributed by atoms with van der Waals surface area (Å²) in [4.78, 5) is 0.179. The highest BCUT2D eigenvalue weighted by Gasteiger charge is 2.16. The van der Waals surface area contributed by atoms with E-state index >= 15 is 0 Å². The number of fused-ring (bicyclic) bond motifs is 1. The van der Waals surface area contributed by atoms with Crippen molar-refractivity contribution in [3.63, 3.8) is 0 Å². The Morgan fingerprint density at radius 3 is 2.95 bits per heavy atom. The highest BCUT2D eigenvalue weighted by molar-refractivity contribution is 9.09. The lowest BCUT2D eigenvalue weighted by Gasteiger charge is -2.11. The van der Waals surface area contributed by atoms with Crippen LogP contribution in [0.4, 0.5) is 0 Å². The van der Waals surface area contributed by atoms with Gasteiger partial charge >= 0.3 is 0 Å². The maximum Gasteiger partial charge on any atom is 0.179 e. The molecule has 1 aromatic heterocycles. The number of halogens is 2. The Morgan fingerprint density at radius 2 is 2.19 bits per heavy atom. The van der Waals surface area contributed by atoms with Gasteiger partial charge in [0, 0.05) is 12.6 Å². The summed E-state index contributed by atoms with van der Waals surface area (Å²) in [6.07, 6.45) is 2.77. The molecule has 0 spiro atoms. The third kappa shape index (κ3) is 3.32. The molecule has 0 saturated heterocycles. The van der Waals surface area contributed by atoms with Crippen molar-refractivity contribution in [1.29, 1.82) is 0 Å². The van der Waals surface area contributed by atoms with Crippen molar-refractivity contribution in [3.05, 3.63) is 34.6 Å². The molecule has 1 aromatic carbocycles. The second-order valence-electron chi connectivity index (χ2n) is 4.91. The van der Waals surface area contributed by atoms with Crippen molar-refractivity contribution in [1.82, 2.24) is 15.0 Å². The largest absolute Gasteiger partial charge is 0.489 e. The van der Waals surface area contributed by atoms with Gasteiger partial charge in [0.15, 0.2) is 11.5 Å². The molecule has 5 nitrogen and oxygen atoms in total. The van der Waals surface area contributed by atoms with Crippen LogP contribution in [0.3, 0.4) is 0 Å². The maximum atomic E-state index is 6.28. The lowest BCUT2D eigenvalue weighted by Crippen LogP contribution is -2.02. The summed E-state index contributed by atoms with van der Waals surface area (Å²) < 4.78 is 13.1. The second-order valence-corrected chi connectivity index (χ2v) is 6.69. The van der Waals surface area contributed by atoms with E-state index in [1.807, 2.05) is 25.3 Å². The van der Waals surface area contributed by atoms with E-state index in [2.05, 4.69) is 26.2 Å². The van der Waals surface area contributed by atoms with Crippen LogP contribution in [0.15, 0.2) is 18.3 Å². The first-order valence-electron chi connectivity index (χ1n) is 6.75. The molecule has 0 aliphatic carbocycles. The monoisotopic (exact) mass is 371 g/mol. The summed E-state index contributed by atoms with van der Waals surface area (Å²) >= 11 is 9.76. The Bertz CT molecular complexity index is 645. The zero-order valence-electron chi connectivity index (χ0n) is 11.6. The standard InChI is InChI=1S/C14H15BrClN3O2/c1-9(15)12-8-19(18-17-12)7-10-5-11(16)14-13(6-10)20-3-2-4-21-14/h5-6,8-9H,2-4,7H2,1H3. The molecule has 0 saturated carbocycles. The fraction of sp³-hybridized carbons (Fsp3) is 0.429. The molecule has 21 heavy (non-hydrogen) atoms. The predicted molar refractivity (Wildman–Crippen MR) is 83.5 cm³/mol. The molecule has 1 atom stereocenters. The number of hydrogen-bond donors (Lipinski definition) is 0. The average Bonchev–Trinajstić information content (AvgIpc) is 2.76. The SMILES string of the molecule is CC(Br)c1cn(Cc2cc(Cl)c3c(c2)OCCCO3)nn1. The van der Waals surface area contributed by atoms with E-state index in [0.29, 0.717) is 36.3 Å². The normalized spacial score (nSPS) is 15.6. The molecule has 7 heteroatoms. The van der Waals surface area contributed by atoms with Crippen LogP contribution < -0.4 is 9.47 Å². The first-order valence-corrected chi connectivity index (χ1v) is 8.05. The van der Waals surface area contributed by atoms with Gasteiger partial charge in [0.25, 0.3) is 0 Å². The maximum absolute atomic E-state index is 6.28. The average molecular weight is 373 g/mol.